The molecule has 0 atom stereocenters. The molecule has 0 saturated carbocycles. The van der Waals surface area contributed by atoms with Crippen molar-refractivity contribution in [3.63, 3.8) is 0 Å². The molecule has 1 aliphatic rings. The molecule has 1 aromatic heterocycles. The first kappa shape index (κ1) is 20.0. The first-order valence-corrected chi connectivity index (χ1v) is 10.5. The summed E-state index contributed by atoms with van der Waals surface area (Å²) in [6.45, 7) is 2.35. The van der Waals surface area contributed by atoms with Crippen LogP contribution in [-0.4, -0.2) is 38.1 Å². The van der Waals surface area contributed by atoms with E-state index < -0.39 is 0 Å². The number of ketones is 1. The van der Waals surface area contributed by atoms with Crippen molar-refractivity contribution in [2.75, 3.05) is 13.1 Å². The second-order valence-corrected chi connectivity index (χ2v) is 8.24. The lowest BCUT2D eigenvalue weighted by molar-refractivity contribution is 0.0803. The number of hydrogen-bond acceptors (Lipinski definition) is 4. The Kier molecular flexibility index (Phi) is 5.94. The van der Waals surface area contributed by atoms with Crippen molar-refractivity contribution in [1.29, 1.82) is 0 Å². The summed E-state index contributed by atoms with van der Waals surface area (Å²) in [6.07, 6.45) is 1.72. The van der Waals surface area contributed by atoms with Crippen molar-refractivity contribution in [2.45, 2.75) is 19.5 Å². The maximum Gasteiger partial charge on any atom is 0.199 e. The Hall–Kier alpha value is -2.28. The summed E-state index contributed by atoms with van der Waals surface area (Å²) in [4.78, 5) is 15.0. The van der Waals surface area contributed by atoms with E-state index in [2.05, 4.69) is 4.90 Å². The van der Waals surface area contributed by atoms with Crippen molar-refractivity contribution < 1.29 is 4.79 Å². The van der Waals surface area contributed by atoms with Gasteiger partial charge in [0.2, 0.25) is 0 Å². The zero-order chi connectivity index (χ0) is 20.4. The number of rotatable bonds is 5. The molecule has 1 saturated heterocycles. The molecule has 150 valence electrons. The van der Waals surface area contributed by atoms with Gasteiger partial charge in [-0.25, -0.2) is 4.68 Å². The number of likely N-dealkylation sites (tertiary alicyclic amines) is 1. The lowest BCUT2D eigenvalue weighted by Crippen LogP contribution is -2.37. The maximum absolute atomic E-state index is 12.7. The van der Waals surface area contributed by atoms with Gasteiger partial charge in [0.05, 0.1) is 6.67 Å². The van der Waals surface area contributed by atoms with Crippen LogP contribution < -0.4 is 0 Å². The Morgan fingerprint density at radius 1 is 1.10 bits per heavy atom. The zero-order valence-electron chi connectivity index (χ0n) is 16.3. The van der Waals surface area contributed by atoms with Crippen molar-refractivity contribution in [1.82, 2.24) is 19.2 Å². The molecule has 0 bridgehead atoms. The van der Waals surface area contributed by atoms with Crippen molar-refractivity contribution >= 4 is 29.6 Å². The van der Waals surface area contributed by atoms with E-state index in [1.165, 1.54) is 0 Å². The van der Waals surface area contributed by atoms with Gasteiger partial charge in [-0.3, -0.25) is 9.69 Å². The summed E-state index contributed by atoms with van der Waals surface area (Å²) < 4.78 is 4.46. The quantitative estimate of drug-likeness (QED) is 0.433. The van der Waals surface area contributed by atoms with Crippen LogP contribution in [-0.2, 0) is 13.7 Å². The molecule has 0 aliphatic carbocycles. The number of aromatic nitrogens is 3. The number of Topliss-reactive ketones (excluding diaryl/α,β-unsaturated/α-hetero) is 1. The topological polar surface area (TPSA) is 43.1 Å². The van der Waals surface area contributed by atoms with Crippen LogP contribution in [0.1, 0.15) is 23.2 Å². The molecule has 29 heavy (non-hydrogen) atoms. The molecule has 2 heterocycles. The number of piperidine rings is 1. The van der Waals surface area contributed by atoms with Gasteiger partial charge in [0, 0.05) is 42.2 Å². The second-order valence-electron chi connectivity index (χ2n) is 7.44. The van der Waals surface area contributed by atoms with Gasteiger partial charge in [0.25, 0.3) is 0 Å². The summed E-state index contributed by atoms with van der Waals surface area (Å²) in [5, 5.41) is 5.43. The van der Waals surface area contributed by atoms with Gasteiger partial charge in [-0.05, 0) is 49.3 Å². The number of nitrogens with zero attached hydrogens (tertiary/aromatic N) is 4. The van der Waals surface area contributed by atoms with Crippen molar-refractivity contribution in [3.8, 4) is 11.4 Å². The average Bonchev–Trinajstić information content (AvgIpc) is 3.03. The summed E-state index contributed by atoms with van der Waals surface area (Å²) in [5.74, 6) is 1.17. The van der Waals surface area contributed by atoms with Crippen LogP contribution in [0.2, 0.25) is 5.02 Å². The number of carbonyl (C=O) groups is 1. The van der Waals surface area contributed by atoms with E-state index in [0.717, 1.165) is 42.9 Å². The Morgan fingerprint density at radius 3 is 2.41 bits per heavy atom. The average molecular weight is 427 g/mol. The van der Waals surface area contributed by atoms with Gasteiger partial charge >= 0.3 is 0 Å². The molecule has 0 N–H and O–H groups in total. The highest BCUT2D eigenvalue weighted by molar-refractivity contribution is 7.71. The van der Waals surface area contributed by atoms with Crippen LogP contribution in [0.4, 0.5) is 0 Å². The van der Waals surface area contributed by atoms with E-state index in [1.54, 1.807) is 0 Å². The van der Waals surface area contributed by atoms with Gasteiger partial charge in [-0.15, -0.1) is 0 Å². The Balaban J connectivity index is 1.42. The fourth-order valence-corrected chi connectivity index (χ4v) is 4.11. The number of benzene rings is 2. The van der Waals surface area contributed by atoms with Crippen LogP contribution in [0.5, 0.6) is 0 Å². The zero-order valence-corrected chi connectivity index (χ0v) is 17.9. The van der Waals surface area contributed by atoms with Crippen molar-refractivity contribution in [3.05, 3.63) is 70.0 Å². The SMILES string of the molecule is Cn1c(-c2ccc(Cl)cc2)nn(CN2CCC(C(=O)c3ccccc3)CC2)c1=S. The van der Waals surface area contributed by atoms with E-state index in [9.17, 15) is 4.79 Å². The molecule has 0 radical (unpaired) electrons. The largest absolute Gasteiger partial charge is 0.303 e. The third-order valence-electron chi connectivity index (χ3n) is 5.49. The maximum atomic E-state index is 12.7. The molecule has 1 aliphatic heterocycles. The van der Waals surface area contributed by atoms with E-state index in [1.807, 2.05) is 70.9 Å². The molecule has 1 fully saturated rings. The lowest BCUT2D eigenvalue weighted by atomic mass is 9.89. The molecule has 4 rings (SSSR count). The molecule has 0 unspecified atom stereocenters. The predicted octanol–water partition coefficient (Wildman–Crippen LogP) is 4.82. The fourth-order valence-electron chi connectivity index (χ4n) is 3.79. The minimum absolute atomic E-state index is 0.0926. The Bertz CT molecular complexity index is 1050. The van der Waals surface area contributed by atoms with Gasteiger partial charge in [-0.1, -0.05) is 41.9 Å². The fraction of sp³-hybridized carbons (Fsp3) is 0.318. The van der Waals surface area contributed by atoms with Gasteiger partial charge in [0.15, 0.2) is 16.4 Å². The number of carbonyl (C=O) groups excluding carboxylic acids is 1. The molecule has 5 nitrogen and oxygen atoms in total. The Morgan fingerprint density at radius 2 is 1.76 bits per heavy atom. The molecular weight excluding hydrogens is 404 g/mol. The summed E-state index contributed by atoms with van der Waals surface area (Å²) in [5.41, 5.74) is 1.79. The summed E-state index contributed by atoms with van der Waals surface area (Å²) in [6, 6.07) is 17.2. The minimum atomic E-state index is 0.0926. The van der Waals surface area contributed by atoms with E-state index >= 15 is 0 Å². The van der Waals surface area contributed by atoms with E-state index in [0.29, 0.717) is 16.5 Å². The molecule has 0 amide bonds. The highest BCUT2D eigenvalue weighted by atomic mass is 35.5. The van der Waals surface area contributed by atoms with Crippen LogP contribution >= 0.6 is 23.8 Å². The Labute approximate surface area is 180 Å². The highest BCUT2D eigenvalue weighted by Gasteiger charge is 2.26. The van der Waals surface area contributed by atoms with Crippen LogP contribution in [0.15, 0.2) is 54.6 Å². The normalized spacial score (nSPS) is 15.5. The van der Waals surface area contributed by atoms with Crippen LogP contribution in [0.3, 0.4) is 0 Å². The highest BCUT2D eigenvalue weighted by Crippen LogP contribution is 2.23. The molecule has 3 aromatic rings. The van der Waals surface area contributed by atoms with Gasteiger partial charge in [-0.2, -0.15) is 5.10 Å². The second kappa shape index (κ2) is 8.61. The predicted molar refractivity (Wildman–Crippen MR) is 118 cm³/mol. The first-order chi connectivity index (χ1) is 14.0. The van der Waals surface area contributed by atoms with Gasteiger partial charge in [0.1, 0.15) is 0 Å². The van der Waals surface area contributed by atoms with Crippen molar-refractivity contribution in [2.24, 2.45) is 13.0 Å². The molecule has 2 aromatic carbocycles. The number of hydrogen-bond donors (Lipinski definition) is 0. The van der Waals surface area contributed by atoms with Crippen LogP contribution in [0, 0.1) is 10.7 Å². The van der Waals surface area contributed by atoms with E-state index in [4.69, 9.17) is 28.9 Å². The molecule has 0 spiro atoms. The summed E-state index contributed by atoms with van der Waals surface area (Å²) in [7, 11) is 1.93. The van der Waals surface area contributed by atoms with E-state index in [-0.39, 0.29) is 11.7 Å². The number of halogens is 1. The third-order valence-corrected chi connectivity index (χ3v) is 6.23. The van der Waals surface area contributed by atoms with Gasteiger partial charge < -0.3 is 4.57 Å². The first-order valence-electron chi connectivity index (χ1n) is 9.74. The molecule has 7 heteroatoms. The molecular formula is C22H23ClN4OS. The lowest BCUT2D eigenvalue weighted by Gasteiger charge is -2.30. The van der Waals surface area contributed by atoms with Crippen LogP contribution in [0.25, 0.3) is 11.4 Å². The monoisotopic (exact) mass is 426 g/mol. The minimum Gasteiger partial charge on any atom is -0.303 e. The standard InChI is InChI=1S/C22H23ClN4OS/c1-25-21(18-7-9-19(23)10-8-18)24-27(22(25)29)15-26-13-11-17(12-14-26)20(28)16-5-3-2-4-6-16/h2-10,17H,11-15H2,1H3. The third kappa shape index (κ3) is 4.34. The smallest absolute Gasteiger partial charge is 0.199 e. The summed E-state index contributed by atoms with van der Waals surface area (Å²) >= 11 is 11.6.